The smallest absolute Gasteiger partial charge is 0.407 e. The first-order valence-electron chi connectivity index (χ1n) is 7.35. The molecule has 0 bridgehead atoms. The van der Waals surface area contributed by atoms with Crippen LogP contribution in [-0.2, 0) is 14.0 Å². The fraction of sp³-hybridized carbons (Fsp3) is 0.571. The molecule has 134 valence electrons. The fourth-order valence-electron chi connectivity index (χ4n) is 2.16. The Morgan fingerprint density at radius 3 is 2.25 bits per heavy atom. The lowest BCUT2D eigenvalue weighted by Gasteiger charge is -2.27. The van der Waals surface area contributed by atoms with Gasteiger partial charge in [-0.3, -0.25) is 0 Å². The Labute approximate surface area is 136 Å². The van der Waals surface area contributed by atoms with E-state index in [4.69, 9.17) is 14.0 Å². The van der Waals surface area contributed by atoms with Crippen molar-refractivity contribution in [3.8, 4) is 5.75 Å². The molecule has 10 heteroatoms. The Balaban J connectivity index is 1.99. The van der Waals surface area contributed by atoms with E-state index >= 15 is 0 Å². The van der Waals surface area contributed by atoms with Crippen molar-refractivity contribution in [2.45, 2.75) is 19.7 Å². The molecule has 1 heterocycles. The maximum absolute atomic E-state index is 13.7. The Kier molecular flexibility index (Phi) is 6.42. The van der Waals surface area contributed by atoms with E-state index in [1.807, 2.05) is 6.92 Å². The zero-order chi connectivity index (χ0) is 17.7. The zero-order valence-electron chi connectivity index (χ0n) is 12.9. The second-order valence-corrected chi connectivity index (χ2v) is 5.30. The molecule has 1 aromatic rings. The number of alkyl halides is 3. The lowest BCUT2D eigenvalue weighted by atomic mass is 9.77. The molecule has 0 aromatic heterocycles. The van der Waals surface area contributed by atoms with E-state index in [2.05, 4.69) is 4.74 Å². The molecule has 0 radical (unpaired) electrons. The molecule has 24 heavy (non-hydrogen) atoms. The van der Waals surface area contributed by atoms with Gasteiger partial charge in [-0.15, -0.1) is 13.2 Å². The molecular formula is C14H16BF5O4. The van der Waals surface area contributed by atoms with Crippen molar-refractivity contribution < 1.29 is 40.7 Å². The molecule has 1 saturated heterocycles. The summed E-state index contributed by atoms with van der Waals surface area (Å²) in [5.41, 5.74) is -0.0625. The van der Waals surface area contributed by atoms with Gasteiger partial charge in [-0.2, -0.15) is 0 Å². The van der Waals surface area contributed by atoms with Crippen LogP contribution in [0.1, 0.15) is 13.3 Å². The van der Waals surface area contributed by atoms with Crippen molar-refractivity contribution in [3.63, 3.8) is 0 Å². The van der Waals surface area contributed by atoms with Crippen LogP contribution in [0.4, 0.5) is 22.0 Å². The lowest BCUT2D eigenvalue weighted by molar-refractivity contribution is -0.276. The standard InChI is InChI=1S/C14H16BF5O4/c1-2-3-21-6-9-7-22-15(23-8-9)10-4-11(16)13(12(17)5-10)24-14(18,19)20/h4-5,9H,2-3,6-8H2,1H3. The van der Waals surface area contributed by atoms with E-state index in [1.165, 1.54) is 0 Å². The fourth-order valence-corrected chi connectivity index (χ4v) is 2.16. The van der Waals surface area contributed by atoms with Crippen molar-refractivity contribution >= 4 is 12.6 Å². The highest BCUT2D eigenvalue weighted by Gasteiger charge is 2.36. The predicted octanol–water partition coefficient (Wildman–Crippen LogP) is 2.65. The molecule has 2 rings (SSSR count). The second kappa shape index (κ2) is 8.13. The summed E-state index contributed by atoms with van der Waals surface area (Å²) >= 11 is 0. The molecule has 4 nitrogen and oxygen atoms in total. The quantitative estimate of drug-likeness (QED) is 0.447. The highest BCUT2D eigenvalue weighted by molar-refractivity contribution is 6.61. The van der Waals surface area contributed by atoms with Gasteiger partial charge in [0.15, 0.2) is 11.6 Å². The first-order valence-corrected chi connectivity index (χ1v) is 7.35. The van der Waals surface area contributed by atoms with Crippen LogP contribution in [0, 0.1) is 17.6 Å². The van der Waals surface area contributed by atoms with Gasteiger partial charge in [0.1, 0.15) is 0 Å². The van der Waals surface area contributed by atoms with Gasteiger partial charge in [-0.1, -0.05) is 6.92 Å². The van der Waals surface area contributed by atoms with Crippen LogP contribution in [0.5, 0.6) is 5.75 Å². The van der Waals surface area contributed by atoms with Crippen LogP contribution in [-0.4, -0.2) is 39.9 Å². The van der Waals surface area contributed by atoms with Crippen LogP contribution >= 0.6 is 0 Å². The molecule has 1 fully saturated rings. The minimum absolute atomic E-state index is 0.0182. The molecule has 1 aliphatic rings. The van der Waals surface area contributed by atoms with Crippen LogP contribution in [0.25, 0.3) is 0 Å². The molecule has 0 N–H and O–H groups in total. The van der Waals surface area contributed by atoms with Crippen molar-refractivity contribution in [2.75, 3.05) is 26.4 Å². The summed E-state index contributed by atoms with van der Waals surface area (Å²) in [5, 5.41) is 0. The van der Waals surface area contributed by atoms with Crippen molar-refractivity contribution in [1.29, 1.82) is 0 Å². The van der Waals surface area contributed by atoms with Gasteiger partial charge in [0, 0.05) is 25.7 Å². The van der Waals surface area contributed by atoms with E-state index in [-0.39, 0.29) is 24.6 Å². The van der Waals surface area contributed by atoms with Gasteiger partial charge < -0.3 is 18.8 Å². The molecule has 0 spiro atoms. The van der Waals surface area contributed by atoms with E-state index in [1.54, 1.807) is 0 Å². The number of ether oxygens (including phenoxy) is 2. The van der Waals surface area contributed by atoms with Gasteiger partial charge in [0.25, 0.3) is 0 Å². The molecule has 0 amide bonds. The molecule has 1 aliphatic heterocycles. The summed E-state index contributed by atoms with van der Waals surface area (Å²) in [6.07, 6.45) is -4.31. The number of benzene rings is 1. The summed E-state index contributed by atoms with van der Waals surface area (Å²) in [6.45, 7) is 3.51. The van der Waals surface area contributed by atoms with Crippen molar-refractivity contribution in [1.82, 2.24) is 0 Å². The van der Waals surface area contributed by atoms with Gasteiger partial charge in [-0.25, -0.2) is 8.78 Å². The molecule has 0 aliphatic carbocycles. The summed E-state index contributed by atoms with van der Waals surface area (Å²) in [7, 11) is -1.06. The average Bonchev–Trinajstić information content (AvgIpc) is 2.51. The predicted molar refractivity (Wildman–Crippen MR) is 74.9 cm³/mol. The number of hydrogen-bond acceptors (Lipinski definition) is 4. The number of rotatable bonds is 6. The number of hydrogen-bond donors (Lipinski definition) is 0. The topological polar surface area (TPSA) is 36.9 Å². The van der Waals surface area contributed by atoms with Crippen molar-refractivity contribution in [3.05, 3.63) is 23.8 Å². The van der Waals surface area contributed by atoms with Gasteiger partial charge in [-0.05, 0) is 24.0 Å². The highest BCUT2D eigenvalue weighted by Crippen LogP contribution is 2.28. The van der Waals surface area contributed by atoms with Crippen LogP contribution in [0.2, 0.25) is 0 Å². The molecule has 1 aromatic carbocycles. The summed E-state index contributed by atoms with van der Waals surface area (Å²) in [4.78, 5) is 0. The first-order chi connectivity index (χ1) is 11.3. The summed E-state index contributed by atoms with van der Waals surface area (Å²) in [5.74, 6) is -4.49. The number of halogens is 5. The monoisotopic (exact) mass is 354 g/mol. The Bertz CT molecular complexity index is 523. The van der Waals surface area contributed by atoms with E-state index in [0.717, 1.165) is 6.42 Å². The van der Waals surface area contributed by atoms with E-state index in [9.17, 15) is 22.0 Å². The summed E-state index contributed by atoms with van der Waals surface area (Å²) in [6, 6.07) is 1.39. The Hall–Kier alpha value is -1.39. The Morgan fingerprint density at radius 1 is 1.17 bits per heavy atom. The molecule has 0 atom stereocenters. The normalized spacial score (nSPS) is 16.5. The summed E-state index contributed by atoms with van der Waals surface area (Å²) < 4.78 is 83.1. The van der Waals surface area contributed by atoms with Gasteiger partial charge in [0.2, 0.25) is 5.75 Å². The second-order valence-electron chi connectivity index (χ2n) is 5.30. The van der Waals surface area contributed by atoms with E-state index < -0.39 is 30.9 Å². The first kappa shape index (κ1) is 18.9. The van der Waals surface area contributed by atoms with Gasteiger partial charge in [0.05, 0.1) is 6.61 Å². The third kappa shape index (κ3) is 5.32. The Morgan fingerprint density at radius 2 is 1.75 bits per heavy atom. The van der Waals surface area contributed by atoms with Crippen LogP contribution in [0.15, 0.2) is 12.1 Å². The maximum atomic E-state index is 13.7. The van der Waals surface area contributed by atoms with Gasteiger partial charge >= 0.3 is 13.5 Å². The lowest BCUT2D eigenvalue weighted by Crippen LogP contribution is -2.45. The SMILES string of the molecule is CCCOCC1COB(c2cc(F)c(OC(F)(F)F)c(F)c2)OC1. The van der Waals surface area contributed by atoms with Crippen molar-refractivity contribution in [2.24, 2.45) is 5.92 Å². The minimum Gasteiger partial charge on any atom is -0.407 e. The maximum Gasteiger partial charge on any atom is 0.573 e. The molecule has 0 unspecified atom stereocenters. The largest absolute Gasteiger partial charge is 0.573 e. The minimum atomic E-state index is -5.19. The molecular weight excluding hydrogens is 338 g/mol. The van der Waals surface area contributed by atoms with Crippen LogP contribution < -0.4 is 10.2 Å². The third-order valence-corrected chi connectivity index (χ3v) is 3.18. The average molecular weight is 354 g/mol. The third-order valence-electron chi connectivity index (χ3n) is 3.18. The van der Waals surface area contributed by atoms with Crippen LogP contribution in [0.3, 0.4) is 0 Å². The highest BCUT2D eigenvalue weighted by atomic mass is 19.4. The van der Waals surface area contributed by atoms with E-state index in [0.29, 0.717) is 25.3 Å². The zero-order valence-corrected chi connectivity index (χ0v) is 12.9. The molecule has 0 saturated carbocycles.